The number of methoxy groups -OCH3 is 1. The number of phosphoric acid groups is 3. The van der Waals surface area contributed by atoms with Gasteiger partial charge in [-0.15, -0.1) is 0 Å². The molecule has 1 saturated heterocycles. The molecule has 2 heterocycles. The molecule has 0 saturated carbocycles. The van der Waals surface area contributed by atoms with Crippen molar-refractivity contribution < 1.29 is 118 Å². The van der Waals surface area contributed by atoms with Crippen LogP contribution in [-0.2, 0) is 36.3 Å². The molecule has 1 aliphatic rings. The number of aliphatic hydroxyl groups excluding tert-OH is 1. The van der Waals surface area contributed by atoms with Gasteiger partial charge in [-0.2, -0.15) is 4.98 Å². The average molecular weight is 515 g/mol. The summed E-state index contributed by atoms with van der Waals surface area (Å²) in [5, 5.41) is 10.2. The molecule has 0 amide bonds. The smallest absolute Gasteiger partial charge is 0.756 e. The minimum atomic E-state index is -6.07. The van der Waals surface area contributed by atoms with E-state index in [0.717, 1.165) is 11.7 Å². The summed E-state index contributed by atoms with van der Waals surface area (Å²) in [4.78, 5) is 56.9. The van der Waals surface area contributed by atoms with Gasteiger partial charge >= 0.3 is 62.3 Å². The van der Waals surface area contributed by atoms with Crippen LogP contribution in [0.3, 0.4) is 0 Å². The van der Waals surface area contributed by atoms with Gasteiger partial charge in [0.05, 0.1) is 6.61 Å². The van der Waals surface area contributed by atoms with Gasteiger partial charge in [0.1, 0.15) is 24.1 Å². The molecule has 2 rings (SSSR count). The Balaban J connectivity index is 0. The van der Waals surface area contributed by atoms with Gasteiger partial charge in [-0.3, -0.25) is 18.3 Å². The Morgan fingerprint density at radius 3 is 2.24 bits per heavy atom. The number of aliphatic hydroxyl groups is 1. The molecule has 1 fully saturated rings. The second kappa shape index (κ2) is 13.9. The fourth-order valence-electron chi connectivity index (χ4n) is 2.41. The van der Waals surface area contributed by atoms with E-state index in [1.807, 2.05) is 0 Å². The number of rotatable bonds is 9. The van der Waals surface area contributed by atoms with Gasteiger partial charge in [0.2, 0.25) is 0 Å². The van der Waals surface area contributed by atoms with Crippen LogP contribution >= 0.6 is 23.5 Å². The Kier molecular flexibility index (Phi) is 15.1. The molecule has 172 valence electrons. The molecule has 23 heteroatoms. The quantitative estimate of drug-likeness (QED) is 0.203. The molecule has 33 heavy (non-hydrogen) atoms. The van der Waals surface area contributed by atoms with Gasteiger partial charge in [0, 0.05) is 13.3 Å². The largest absolute Gasteiger partial charge is 1.00 e. The monoisotopic (exact) mass is 515 g/mol. The standard InChI is InChI=1S/C10H18N3O14P3.3Li/c1-23-8-7(14)5(25-9(8)13-3-2-6(11)12-10(13)15)4-24-29(19,20)27-30(21,22)26-28(16,17)18;;;/h2-3,5,7-9,14H,4H2,1H3,(H,19,20)(H,21,22)(H2,11,12,15)(H2,16,17,18);;;/q;3*+1/p-3/t5-,7-,8-,9-;;;/m1.../s1. The summed E-state index contributed by atoms with van der Waals surface area (Å²) in [6, 6.07) is 1.25. The van der Waals surface area contributed by atoms with Crippen molar-refractivity contribution in [1.82, 2.24) is 9.55 Å². The third kappa shape index (κ3) is 10.7. The van der Waals surface area contributed by atoms with Gasteiger partial charge in [-0.05, 0) is 6.07 Å². The molecule has 1 aliphatic heterocycles. The van der Waals surface area contributed by atoms with Crippen molar-refractivity contribution in [3.63, 3.8) is 0 Å². The van der Waals surface area contributed by atoms with E-state index in [2.05, 4.69) is 18.1 Å². The van der Waals surface area contributed by atoms with Gasteiger partial charge < -0.3 is 44.4 Å². The van der Waals surface area contributed by atoms with E-state index in [1.54, 1.807) is 0 Å². The Hall–Kier alpha value is 0.762. The van der Waals surface area contributed by atoms with E-state index in [-0.39, 0.29) is 62.4 Å². The van der Waals surface area contributed by atoms with Crippen LogP contribution in [0.4, 0.5) is 5.82 Å². The molecule has 0 spiro atoms. The average Bonchev–Trinajstić information content (AvgIpc) is 2.85. The third-order valence-electron chi connectivity index (χ3n) is 3.51. The topological polar surface area (TPSA) is 268 Å². The number of ether oxygens (including phenoxy) is 2. The van der Waals surface area contributed by atoms with Crippen molar-refractivity contribution in [3.8, 4) is 0 Å². The normalized spacial score (nSPS) is 27.6. The molecular weight excluding hydrogens is 500 g/mol. The molecule has 0 bridgehead atoms. The van der Waals surface area contributed by atoms with Crippen molar-refractivity contribution in [2.24, 2.45) is 0 Å². The molecule has 0 radical (unpaired) electrons. The minimum absolute atomic E-state index is 0. The van der Waals surface area contributed by atoms with Crippen molar-refractivity contribution in [3.05, 3.63) is 22.7 Å². The van der Waals surface area contributed by atoms with E-state index in [0.29, 0.717) is 0 Å². The van der Waals surface area contributed by atoms with E-state index in [9.17, 15) is 38.3 Å². The Labute approximate surface area is 222 Å². The van der Waals surface area contributed by atoms with Crippen LogP contribution in [0, 0.1) is 0 Å². The first-order valence-electron chi connectivity index (χ1n) is 7.58. The summed E-state index contributed by atoms with van der Waals surface area (Å²) in [7, 11) is -16.6. The SMILES string of the molecule is CO[C@@H]1[C@H](O)[C@@H](COP(=O)([O-])OP(=O)([O-])OP(=O)([O-])O)O[C@H]1n1ccc(N)nc1=O.[Li+].[Li+].[Li+]. The number of nitrogens with two attached hydrogens (primary N) is 1. The number of hydrogen-bond acceptors (Lipinski definition) is 15. The number of anilines is 1. The Morgan fingerprint density at radius 1 is 1.18 bits per heavy atom. The van der Waals surface area contributed by atoms with Crippen LogP contribution in [0.1, 0.15) is 6.23 Å². The summed E-state index contributed by atoms with van der Waals surface area (Å²) < 4.78 is 55.3. The zero-order valence-corrected chi connectivity index (χ0v) is 20.5. The van der Waals surface area contributed by atoms with Gasteiger partial charge in [0.15, 0.2) is 6.23 Å². The third-order valence-corrected chi connectivity index (χ3v) is 7.20. The minimum Gasteiger partial charge on any atom is -0.756 e. The molecule has 7 atom stereocenters. The first kappa shape index (κ1) is 35.9. The van der Waals surface area contributed by atoms with Crippen molar-refractivity contribution in [2.45, 2.75) is 24.5 Å². The number of nitrogens with zero attached hydrogens (tertiary/aromatic N) is 2. The van der Waals surface area contributed by atoms with Crippen molar-refractivity contribution in [1.29, 1.82) is 0 Å². The fourth-order valence-corrected chi connectivity index (χ4v) is 5.30. The maximum Gasteiger partial charge on any atom is 1.00 e. The van der Waals surface area contributed by atoms with Crippen LogP contribution in [0.5, 0.6) is 0 Å². The molecule has 3 unspecified atom stereocenters. The van der Waals surface area contributed by atoms with E-state index >= 15 is 0 Å². The van der Waals surface area contributed by atoms with Gasteiger partial charge in [-0.25, -0.2) is 13.4 Å². The fraction of sp³-hybridized carbons (Fsp3) is 0.600. The number of phosphoric ester groups is 1. The van der Waals surface area contributed by atoms with Crippen molar-refractivity contribution >= 4 is 29.3 Å². The Bertz CT molecular complexity index is 977. The second-order valence-electron chi connectivity index (χ2n) is 5.62. The molecule has 0 aliphatic carbocycles. The first-order valence-corrected chi connectivity index (χ1v) is 12.0. The zero-order valence-electron chi connectivity index (χ0n) is 17.8. The summed E-state index contributed by atoms with van der Waals surface area (Å²) in [6.45, 7) is -1.04. The van der Waals surface area contributed by atoms with Crippen LogP contribution in [-0.4, -0.2) is 51.6 Å². The van der Waals surface area contributed by atoms with Crippen LogP contribution in [0.15, 0.2) is 17.1 Å². The van der Waals surface area contributed by atoms with E-state index in [4.69, 9.17) is 20.1 Å². The first-order chi connectivity index (χ1) is 13.6. The predicted octanol–water partition coefficient (Wildman–Crippen LogP) is -12.4. The summed E-state index contributed by atoms with van der Waals surface area (Å²) >= 11 is 0. The Morgan fingerprint density at radius 2 is 1.76 bits per heavy atom. The van der Waals surface area contributed by atoms with Gasteiger partial charge in [-0.1, -0.05) is 0 Å². The van der Waals surface area contributed by atoms with E-state index < -0.39 is 60.3 Å². The predicted molar refractivity (Wildman–Crippen MR) is 86.8 cm³/mol. The molecule has 0 aromatic carbocycles. The van der Waals surface area contributed by atoms with Crippen molar-refractivity contribution in [2.75, 3.05) is 19.5 Å². The molecule has 4 N–H and O–H groups in total. The maximum atomic E-state index is 12.0. The summed E-state index contributed by atoms with van der Waals surface area (Å²) in [5.74, 6) is -0.0946. The summed E-state index contributed by atoms with van der Waals surface area (Å²) in [5.41, 5.74) is 4.50. The number of nitrogen functional groups attached to an aromatic ring is 1. The van der Waals surface area contributed by atoms with Crippen LogP contribution < -0.4 is 82.7 Å². The maximum absolute atomic E-state index is 12.0. The van der Waals surface area contributed by atoms with E-state index in [1.165, 1.54) is 12.3 Å². The summed E-state index contributed by atoms with van der Waals surface area (Å²) in [6.07, 6.45) is -4.37. The zero-order chi connectivity index (χ0) is 22.9. The second-order valence-corrected chi connectivity index (χ2v) is 9.91. The molecule has 1 aromatic rings. The number of aromatic nitrogens is 2. The van der Waals surface area contributed by atoms with Crippen LogP contribution in [0.2, 0.25) is 0 Å². The number of hydrogen-bond donors (Lipinski definition) is 3. The molecular formula is C10H15Li3N3O14P3. The van der Waals surface area contributed by atoms with Gasteiger partial charge in [0.25, 0.3) is 23.5 Å². The molecule has 1 aromatic heterocycles. The van der Waals surface area contributed by atoms with Crippen LogP contribution in [0.25, 0.3) is 0 Å². The molecule has 17 nitrogen and oxygen atoms in total.